The second kappa shape index (κ2) is 7.45. The number of hydrogen-bond donors (Lipinski definition) is 1. The highest BCUT2D eigenvalue weighted by Gasteiger charge is 2.40. The van der Waals surface area contributed by atoms with Gasteiger partial charge < -0.3 is 5.32 Å². The summed E-state index contributed by atoms with van der Waals surface area (Å²) in [5, 5.41) is 3.46. The van der Waals surface area contributed by atoms with Crippen LogP contribution in [0.2, 0.25) is 0 Å². The SMILES string of the molecule is CCN=C(NCC)SC1CC(=O)N(c2cccc(C)c2)C1=O. The van der Waals surface area contributed by atoms with Gasteiger partial charge in [-0.25, -0.2) is 4.90 Å². The van der Waals surface area contributed by atoms with Crippen LogP contribution in [-0.4, -0.2) is 35.3 Å². The summed E-state index contributed by atoms with van der Waals surface area (Å²) in [7, 11) is 0. The first-order valence-corrected chi connectivity index (χ1v) is 8.33. The van der Waals surface area contributed by atoms with Crippen LogP contribution in [0.1, 0.15) is 25.8 Å². The summed E-state index contributed by atoms with van der Waals surface area (Å²) in [6.07, 6.45) is 0.214. The molecule has 22 heavy (non-hydrogen) atoms. The molecule has 1 heterocycles. The molecule has 1 N–H and O–H groups in total. The monoisotopic (exact) mass is 319 g/mol. The zero-order valence-corrected chi connectivity index (χ0v) is 13.9. The summed E-state index contributed by atoms with van der Waals surface area (Å²) in [6, 6.07) is 7.45. The number of nitrogens with zero attached hydrogens (tertiary/aromatic N) is 2. The third-order valence-electron chi connectivity index (χ3n) is 3.25. The molecule has 0 aliphatic carbocycles. The molecule has 1 fully saturated rings. The van der Waals surface area contributed by atoms with Gasteiger partial charge in [-0.2, -0.15) is 0 Å². The molecule has 1 unspecified atom stereocenters. The van der Waals surface area contributed by atoms with E-state index in [9.17, 15) is 9.59 Å². The van der Waals surface area contributed by atoms with E-state index in [-0.39, 0.29) is 18.2 Å². The van der Waals surface area contributed by atoms with E-state index in [2.05, 4.69) is 10.3 Å². The number of aliphatic imine (C=N–C) groups is 1. The van der Waals surface area contributed by atoms with Crippen LogP contribution in [0, 0.1) is 6.92 Å². The van der Waals surface area contributed by atoms with Crippen LogP contribution >= 0.6 is 11.8 Å². The Bertz CT molecular complexity index is 601. The molecule has 118 valence electrons. The van der Waals surface area contributed by atoms with E-state index in [4.69, 9.17) is 0 Å². The van der Waals surface area contributed by atoms with Crippen LogP contribution in [0.15, 0.2) is 29.3 Å². The number of hydrogen-bond acceptors (Lipinski definition) is 4. The molecule has 1 aromatic rings. The standard InChI is InChI=1S/C16H21N3O2S/c1-4-17-16(18-5-2)22-13-10-14(20)19(15(13)21)12-8-6-7-11(3)9-12/h6-9,13H,4-5,10H2,1-3H3,(H,17,18). The first-order valence-electron chi connectivity index (χ1n) is 7.45. The highest BCUT2D eigenvalue weighted by Crippen LogP contribution is 2.30. The second-order valence-corrected chi connectivity index (χ2v) is 6.22. The smallest absolute Gasteiger partial charge is 0.247 e. The Balaban J connectivity index is 2.16. The molecule has 0 saturated carbocycles. The summed E-state index contributed by atoms with van der Waals surface area (Å²) >= 11 is 1.34. The fourth-order valence-corrected chi connectivity index (χ4v) is 3.43. The Hall–Kier alpha value is -1.82. The van der Waals surface area contributed by atoms with Crippen molar-refractivity contribution in [2.75, 3.05) is 18.0 Å². The molecule has 0 bridgehead atoms. The van der Waals surface area contributed by atoms with Crippen molar-refractivity contribution in [3.05, 3.63) is 29.8 Å². The van der Waals surface area contributed by atoms with Crippen molar-refractivity contribution in [2.24, 2.45) is 4.99 Å². The van der Waals surface area contributed by atoms with Crippen LogP contribution in [-0.2, 0) is 9.59 Å². The Morgan fingerprint density at radius 2 is 2.18 bits per heavy atom. The fourth-order valence-electron chi connectivity index (χ4n) is 2.30. The molecular formula is C16H21N3O2S. The first kappa shape index (κ1) is 16.5. The Morgan fingerprint density at radius 3 is 2.82 bits per heavy atom. The average molecular weight is 319 g/mol. The number of carbonyl (C=O) groups is 2. The van der Waals surface area contributed by atoms with Gasteiger partial charge in [0.1, 0.15) is 5.25 Å². The average Bonchev–Trinajstić information content (AvgIpc) is 2.74. The van der Waals surface area contributed by atoms with Crippen LogP contribution < -0.4 is 10.2 Å². The van der Waals surface area contributed by atoms with Crippen molar-refractivity contribution in [3.8, 4) is 0 Å². The van der Waals surface area contributed by atoms with Crippen molar-refractivity contribution in [1.82, 2.24) is 5.32 Å². The quantitative estimate of drug-likeness (QED) is 0.526. The molecule has 1 atom stereocenters. The second-order valence-electron chi connectivity index (χ2n) is 5.03. The minimum atomic E-state index is -0.405. The maximum atomic E-state index is 12.6. The van der Waals surface area contributed by atoms with E-state index in [1.165, 1.54) is 16.7 Å². The number of amides is 2. The van der Waals surface area contributed by atoms with E-state index in [0.29, 0.717) is 12.2 Å². The molecule has 5 nitrogen and oxygen atoms in total. The van der Waals surface area contributed by atoms with Crippen molar-refractivity contribution >= 4 is 34.4 Å². The predicted molar refractivity (Wildman–Crippen MR) is 91.3 cm³/mol. The summed E-state index contributed by atoms with van der Waals surface area (Å²) in [5.74, 6) is -0.317. The van der Waals surface area contributed by atoms with E-state index in [0.717, 1.165) is 17.3 Å². The molecule has 6 heteroatoms. The van der Waals surface area contributed by atoms with Crippen LogP contribution in [0.5, 0.6) is 0 Å². The number of thioether (sulfide) groups is 1. The molecule has 2 amide bonds. The van der Waals surface area contributed by atoms with Crippen LogP contribution in [0.25, 0.3) is 0 Å². The van der Waals surface area contributed by atoms with Crippen molar-refractivity contribution < 1.29 is 9.59 Å². The lowest BCUT2D eigenvalue weighted by Crippen LogP contribution is -2.32. The summed E-state index contributed by atoms with van der Waals surface area (Å²) in [5.41, 5.74) is 1.67. The van der Waals surface area contributed by atoms with Crippen molar-refractivity contribution in [1.29, 1.82) is 0 Å². The molecule has 0 radical (unpaired) electrons. The third kappa shape index (κ3) is 3.68. The van der Waals surface area contributed by atoms with Crippen LogP contribution in [0.3, 0.4) is 0 Å². The van der Waals surface area contributed by atoms with Gasteiger partial charge in [-0.05, 0) is 38.5 Å². The molecule has 1 aliphatic heterocycles. The minimum Gasteiger partial charge on any atom is -0.365 e. The third-order valence-corrected chi connectivity index (χ3v) is 4.40. The highest BCUT2D eigenvalue weighted by atomic mass is 32.2. The number of nitrogens with one attached hydrogen (secondary N) is 1. The van der Waals surface area contributed by atoms with E-state index in [1.807, 2.05) is 39.0 Å². The summed E-state index contributed by atoms with van der Waals surface area (Å²) in [6.45, 7) is 7.25. The van der Waals surface area contributed by atoms with Gasteiger partial charge in [-0.1, -0.05) is 23.9 Å². The lowest BCUT2D eigenvalue weighted by molar-refractivity contribution is -0.121. The molecular weight excluding hydrogens is 298 g/mol. The Labute approximate surface area is 135 Å². The number of amidine groups is 1. The minimum absolute atomic E-state index is 0.152. The van der Waals surface area contributed by atoms with E-state index < -0.39 is 5.25 Å². The number of benzene rings is 1. The van der Waals surface area contributed by atoms with E-state index in [1.54, 1.807) is 6.07 Å². The number of rotatable bonds is 4. The zero-order chi connectivity index (χ0) is 16.1. The van der Waals surface area contributed by atoms with Gasteiger partial charge in [0, 0.05) is 19.5 Å². The zero-order valence-electron chi connectivity index (χ0n) is 13.1. The number of carbonyl (C=O) groups excluding carboxylic acids is 2. The lowest BCUT2D eigenvalue weighted by Gasteiger charge is -2.16. The van der Waals surface area contributed by atoms with Gasteiger partial charge in [0.05, 0.1) is 5.69 Å². The van der Waals surface area contributed by atoms with Crippen LogP contribution in [0.4, 0.5) is 5.69 Å². The maximum absolute atomic E-state index is 12.6. The maximum Gasteiger partial charge on any atom is 0.247 e. The molecule has 0 aromatic heterocycles. The summed E-state index contributed by atoms with van der Waals surface area (Å²) < 4.78 is 0. The van der Waals surface area contributed by atoms with Gasteiger partial charge in [0.2, 0.25) is 11.8 Å². The predicted octanol–water partition coefficient (Wildman–Crippen LogP) is 2.35. The van der Waals surface area contributed by atoms with Gasteiger partial charge in [0.25, 0.3) is 0 Å². The summed E-state index contributed by atoms with van der Waals surface area (Å²) in [4.78, 5) is 30.4. The van der Waals surface area contributed by atoms with Crippen molar-refractivity contribution in [2.45, 2.75) is 32.4 Å². The normalized spacial score (nSPS) is 19.0. The number of anilines is 1. The highest BCUT2D eigenvalue weighted by molar-refractivity contribution is 8.15. The molecule has 1 aliphatic rings. The van der Waals surface area contributed by atoms with Gasteiger partial charge >= 0.3 is 0 Å². The molecule has 1 saturated heterocycles. The number of aryl methyl sites for hydroxylation is 1. The van der Waals surface area contributed by atoms with E-state index >= 15 is 0 Å². The Kier molecular flexibility index (Phi) is 5.60. The van der Waals surface area contributed by atoms with Gasteiger partial charge in [-0.15, -0.1) is 0 Å². The Morgan fingerprint density at radius 1 is 1.41 bits per heavy atom. The molecule has 2 rings (SSSR count). The number of imide groups is 1. The lowest BCUT2D eigenvalue weighted by atomic mass is 10.2. The van der Waals surface area contributed by atoms with Gasteiger partial charge in [-0.3, -0.25) is 14.6 Å². The topological polar surface area (TPSA) is 61.8 Å². The largest absolute Gasteiger partial charge is 0.365 e. The van der Waals surface area contributed by atoms with Gasteiger partial charge in [0.15, 0.2) is 5.17 Å². The first-order chi connectivity index (χ1) is 10.6. The molecule has 1 aromatic carbocycles. The molecule has 0 spiro atoms. The fraction of sp³-hybridized carbons (Fsp3) is 0.438. The van der Waals surface area contributed by atoms with Crippen molar-refractivity contribution in [3.63, 3.8) is 0 Å².